The second-order valence-corrected chi connectivity index (χ2v) is 5.32. The Labute approximate surface area is 150 Å². The molecule has 0 aliphatic rings. The van der Waals surface area contributed by atoms with E-state index in [-0.39, 0.29) is 22.9 Å². The van der Waals surface area contributed by atoms with Crippen molar-refractivity contribution in [3.8, 4) is 5.75 Å². The Morgan fingerprint density at radius 3 is 2.44 bits per heavy atom. The van der Waals surface area contributed by atoms with Gasteiger partial charge in [-0.15, -0.1) is 0 Å². The molecule has 0 fully saturated rings. The number of aromatic nitrogens is 3. The largest absolute Gasteiger partial charge is 0.482 e. The standard InChI is InChI=1S/C17H12F4N4O2/c18-11-5-7-12(8-6-11)25(16(26)15-22-10-23-24-15)13-3-1-2-4-14(13)27-9-17(19,20)21/h1-8,10H,9H2,(H,22,23,24). The van der Waals surface area contributed by atoms with E-state index < -0.39 is 24.5 Å². The molecule has 2 aromatic carbocycles. The van der Waals surface area contributed by atoms with E-state index >= 15 is 0 Å². The van der Waals surface area contributed by atoms with E-state index in [0.717, 1.165) is 23.4 Å². The predicted octanol–water partition coefficient (Wildman–Crippen LogP) is 3.86. The zero-order valence-corrected chi connectivity index (χ0v) is 13.6. The third-order valence-electron chi connectivity index (χ3n) is 3.40. The highest BCUT2D eigenvalue weighted by atomic mass is 19.4. The van der Waals surface area contributed by atoms with Crippen molar-refractivity contribution in [2.75, 3.05) is 11.5 Å². The lowest BCUT2D eigenvalue weighted by Crippen LogP contribution is -2.28. The van der Waals surface area contributed by atoms with Crippen LogP contribution in [-0.4, -0.2) is 33.9 Å². The molecule has 0 aliphatic heterocycles. The van der Waals surface area contributed by atoms with Crippen molar-refractivity contribution < 1.29 is 27.1 Å². The average molecular weight is 380 g/mol. The number of H-pyrrole nitrogens is 1. The van der Waals surface area contributed by atoms with Gasteiger partial charge in [-0.05, 0) is 36.4 Å². The zero-order chi connectivity index (χ0) is 19.4. The molecule has 1 aromatic heterocycles. The molecule has 3 aromatic rings. The summed E-state index contributed by atoms with van der Waals surface area (Å²) in [5, 5.41) is 5.99. The van der Waals surface area contributed by atoms with Gasteiger partial charge < -0.3 is 4.74 Å². The van der Waals surface area contributed by atoms with Crippen LogP contribution in [0.2, 0.25) is 0 Å². The summed E-state index contributed by atoms with van der Waals surface area (Å²) in [6, 6.07) is 10.6. The summed E-state index contributed by atoms with van der Waals surface area (Å²) < 4.78 is 55.8. The van der Waals surface area contributed by atoms with Gasteiger partial charge in [0.25, 0.3) is 5.91 Å². The van der Waals surface area contributed by atoms with Crippen LogP contribution >= 0.6 is 0 Å². The number of ether oxygens (including phenoxy) is 1. The lowest BCUT2D eigenvalue weighted by atomic mass is 10.2. The maximum Gasteiger partial charge on any atom is 0.422 e. The molecule has 0 saturated carbocycles. The van der Waals surface area contributed by atoms with Crippen LogP contribution in [-0.2, 0) is 0 Å². The second-order valence-electron chi connectivity index (χ2n) is 5.32. The number of amides is 1. The number of hydrogen-bond acceptors (Lipinski definition) is 4. The normalized spacial score (nSPS) is 11.3. The first-order valence-corrected chi connectivity index (χ1v) is 7.59. The lowest BCUT2D eigenvalue weighted by Gasteiger charge is -2.24. The number of alkyl halides is 3. The maximum atomic E-state index is 13.3. The molecule has 0 atom stereocenters. The number of nitrogens with one attached hydrogen (secondary N) is 1. The highest BCUT2D eigenvalue weighted by molar-refractivity contribution is 6.09. The monoisotopic (exact) mass is 380 g/mol. The second kappa shape index (κ2) is 7.44. The molecule has 6 nitrogen and oxygen atoms in total. The van der Waals surface area contributed by atoms with Gasteiger partial charge in [-0.3, -0.25) is 14.8 Å². The zero-order valence-electron chi connectivity index (χ0n) is 13.6. The number of carbonyl (C=O) groups excluding carboxylic acids is 1. The summed E-state index contributed by atoms with van der Waals surface area (Å²) in [5.74, 6) is -1.56. The van der Waals surface area contributed by atoms with Gasteiger partial charge in [0.15, 0.2) is 6.61 Å². The average Bonchev–Trinajstić information content (AvgIpc) is 3.17. The quantitative estimate of drug-likeness (QED) is 0.683. The van der Waals surface area contributed by atoms with Crippen LogP contribution in [0, 0.1) is 5.82 Å². The summed E-state index contributed by atoms with van der Waals surface area (Å²) in [7, 11) is 0. The smallest absolute Gasteiger partial charge is 0.422 e. The minimum Gasteiger partial charge on any atom is -0.482 e. The number of rotatable bonds is 5. The first kappa shape index (κ1) is 18.4. The molecule has 0 aliphatic carbocycles. The number of para-hydroxylation sites is 2. The van der Waals surface area contributed by atoms with Gasteiger partial charge in [-0.25, -0.2) is 9.37 Å². The Bertz CT molecular complexity index is 911. The minimum absolute atomic E-state index is 0.0368. The minimum atomic E-state index is -4.55. The van der Waals surface area contributed by atoms with Gasteiger partial charge in [0.2, 0.25) is 5.82 Å². The number of nitrogens with zero attached hydrogens (tertiary/aromatic N) is 3. The fourth-order valence-corrected chi connectivity index (χ4v) is 2.29. The van der Waals surface area contributed by atoms with Crippen LogP contribution < -0.4 is 9.64 Å². The third-order valence-corrected chi connectivity index (χ3v) is 3.40. The van der Waals surface area contributed by atoms with Crippen molar-refractivity contribution in [1.29, 1.82) is 0 Å². The highest BCUT2D eigenvalue weighted by Gasteiger charge is 2.30. The molecule has 27 heavy (non-hydrogen) atoms. The van der Waals surface area contributed by atoms with Crippen molar-refractivity contribution in [1.82, 2.24) is 15.2 Å². The van der Waals surface area contributed by atoms with Crippen LogP contribution in [0.3, 0.4) is 0 Å². The number of aromatic amines is 1. The van der Waals surface area contributed by atoms with Gasteiger partial charge in [-0.2, -0.15) is 18.3 Å². The van der Waals surface area contributed by atoms with Gasteiger partial charge in [0.1, 0.15) is 17.9 Å². The fraction of sp³-hybridized carbons (Fsp3) is 0.118. The predicted molar refractivity (Wildman–Crippen MR) is 87.2 cm³/mol. The molecule has 1 heterocycles. The number of carbonyl (C=O) groups is 1. The molecule has 0 unspecified atom stereocenters. The molecular weight excluding hydrogens is 368 g/mol. The van der Waals surface area contributed by atoms with Crippen LogP contribution in [0.5, 0.6) is 5.75 Å². The topological polar surface area (TPSA) is 71.1 Å². The van der Waals surface area contributed by atoms with E-state index in [2.05, 4.69) is 15.2 Å². The van der Waals surface area contributed by atoms with Crippen molar-refractivity contribution in [3.05, 3.63) is 66.5 Å². The first-order chi connectivity index (χ1) is 12.8. The molecule has 0 spiro atoms. The number of benzene rings is 2. The Morgan fingerprint density at radius 1 is 1.11 bits per heavy atom. The van der Waals surface area contributed by atoms with Gasteiger partial charge in [0.05, 0.1) is 5.69 Å². The van der Waals surface area contributed by atoms with Crippen LogP contribution in [0.4, 0.5) is 28.9 Å². The summed E-state index contributed by atoms with van der Waals surface area (Å²) >= 11 is 0. The van der Waals surface area contributed by atoms with Gasteiger partial charge in [-0.1, -0.05) is 12.1 Å². The molecular formula is C17H12F4N4O2. The van der Waals surface area contributed by atoms with Crippen LogP contribution in [0.1, 0.15) is 10.6 Å². The summed E-state index contributed by atoms with van der Waals surface area (Å²) in [6.07, 6.45) is -3.44. The van der Waals surface area contributed by atoms with Crippen LogP contribution in [0.15, 0.2) is 54.9 Å². The molecule has 10 heteroatoms. The molecule has 0 bridgehead atoms. The van der Waals surface area contributed by atoms with Crippen molar-refractivity contribution in [2.24, 2.45) is 0 Å². The Kier molecular flexibility index (Phi) is 5.06. The third kappa shape index (κ3) is 4.40. The molecule has 0 radical (unpaired) electrons. The lowest BCUT2D eigenvalue weighted by molar-refractivity contribution is -0.153. The van der Waals surface area contributed by atoms with Crippen molar-refractivity contribution in [3.63, 3.8) is 0 Å². The first-order valence-electron chi connectivity index (χ1n) is 7.59. The summed E-state index contributed by atoms with van der Waals surface area (Å²) in [6.45, 7) is -1.53. The van der Waals surface area contributed by atoms with E-state index in [1.54, 1.807) is 0 Å². The van der Waals surface area contributed by atoms with E-state index in [1.165, 1.54) is 36.4 Å². The van der Waals surface area contributed by atoms with Gasteiger partial charge >= 0.3 is 6.18 Å². The van der Waals surface area contributed by atoms with Gasteiger partial charge in [0, 0.05) is 5.69 Å². The maximum absolute atomic E-state index is 13.3. The summed E-state index contributed by atoms with van der Waals surface area (Å²) in [5.41, 5.74) is 0.246. The number of hydrogen-bond donors (Lipinski definition) is 1. The molecule has 140 valence electrons. The molecule has 1 amide bonds. The Morgan fingerprint density at radius 2 is 1.81 bits per heavy atom. The molecule has 1 N–H and O–H groups in total. The SMILES string of the molecule is O=C(c1ncn[nH]1)N(c1ccc(F)cc1)c1ccccc1OCC(F)(F)F. The van der Waals surface area contributed by atoms with E-state index in [0.29, 0.717) is 0 Å². The summed E-state index contributed by atoms with van der Waals surface area (Å²) in [4.78, 5) is 17.7. The molecule has 3 rings (SSSR count). The Balaban J connectivity index is 2.06. The highest BCUT2D eigenvalue weighted by Crippen LogP contribution is 2.35. The molecule has 0 saturated heterocycles. The van der Waals surface area contributed by atoms with Crippen molar-refractivity contribution >= 4 is 17.3 Å². The van der Waals surface area contributed by atoms with E-state index in [1.807, 2.05) is 0 Å². The van der Waals surface area contributed by atoms with Crippen LogP contribution in [0.25, 0.3) is 0 Å². The number of anilines is 2. The van der Waals surface area contributed by atoms with Crippen molar-refractivity contribution in [2.45, 2.75) is 6.18 Å². The Hall–Kier alpha value is -3.43. The van der Waals surface area contributed by atoms with E-state index in [9.17, 15) is 22.4 Å². The van der Waals surface area contributed by atoms with E-state index in [4.69, 9.17) is 4.74 Å². The fourth-order valence-electron chi connectivity index (χ4n) is 2.29. The number of halogens is 4.